The van der Waals surface area contributed by atoms with Gasteiger partial charge in [-0.1, -0.05) is 44.6 Å². The summed E-state index contributed by atoms with van der Waals surface area (Å²) in [5.41, 5.74) is 0. The number of hydrogen-bond acceptors (Lipinski definition) is 0. The van der Waals surface area contributed by atoms with Gasteiger partial charge in [0, 0.05) is 0 Å². The van der Waals surface area contributed by atoms with Crippen molar-refractivity contribution in [1.29, 1.82) is 0 Å². The fraction of sp³-hybridized carbons (Fsp3) is 0.333. The van der Waals surface area contributed by atoms with Crippen LogP contribution in [0.15, 0.2) is 24.1 Å². The van der Waals surface area contributed by atoms with Crippen LogP contribution in [0.3, 0.4) is 0 Å². The first kappa shape index (κ1) is 9.00. The highest BCUT2D eigenvalue weighted by Gasteiger charge is 2.30. The molecule has 0 fully saturated rings. The summed E-state index contributed by atoms with van der Waals surface area (Å²) in [6.07, 6.45) is 4.44. The fourth-order valence-electron chi connectivity index (χ4n) is 0.616. The quantitative estimate of drug-likeness (QED) is 0.468. The molecule has 0 amide bonds. The predicted molar refractivity (Wildman–Crippen MR) is 53.7 cm³/mol. The van der Waals surface area contributed by atoms with Crippen LogP contribution < -0.4 is 0 Å². The standard InChI is InChI=1S/C6H4BrClFI/c7-6(10)3-4(9)1-2-5(6)8/h1-3,5H. The molecule has 0 radical (unpaired) electrons. The molecule has 0 aromatic carbocycles. The Bertz CT molecular complexity index is 200. The van der Waals surface area contributed by atoms with Crippen LogP contribution in [-0.4, -0.2) is 7.71 Å². The molecule has 0 N–H and O–H groups in total. The van der Waals surface area contributed by atoms with Crippen molar-refractivity contribution < 1.29 is 4.39 Å². The molecular weight excluding hydrogens is 333 g/mol. The van der Waals surface area contributed by atoms with Crippen LogP contribution in [0.1, 0.15) is 0 Å². The number of hydrogen-bond donors (Lipinski definition) is 0. The van der Waals surface area contributed by atoms with E-state index in [-0.39, 0.29) is 11.2 Å². The minimum atomic E-state index is -0.467. The van der Waals surface area contributed by atoms with Crippen LogP contribution in [0.5, 0.6) is 0 Å². The van der Waals surface area contributed by atoms with Crippen LogP contribution >= 0.6 is 50.1 Å². The first-order valence-corrected chi connectivity index (χ1v) is 4.91. The zero-order valence-electron chi connectivity index (χ0n) is 4.82. The van der Waals surface area contributed by atoms with Crippen LogP contribution in [0.2, 0.25) is 0 Å². The molecule has 0 aliphatic heterocycles. The molecule has 0 spiro atoms. The summed E-state index contributed by atoms with van der Waals surface area (Å²) in [5.74, 6) is -0.247. The third-order valence-electron chi connectivity index (χ3n) is 1.12. The molecule has 0 aromatic heterocycles. The minimum Gasteiger partial charge on any atom is -0.207 e. The number of halogens is 4. The molecule has 0 heterocycles. The molecule has 2 unspecified atom stereocenters. The van der Waals surface area contributed by atoms with Crippen molar-refractivity contribution in [3.63, 3.8) is 0 Å². The first-order valence-electron chi connectivity index (χ1n) is 2.61. The Morgan fingerprint density at radius 2 is 2.40 bits per heavy atom. The van der Waals surface area contributed by atoms with Gasteiger partial charge in [-0.2, -0.15) is 0 Å². The highest BCUT2D eigenvalue weighted by atomic mass is 127. The second-order valence-corrected chi connectivity index (χ2v) is 7.01. The highest BCUT2D eigenvalue weighted by molar-refractivity contribution is 14.1. The molecule has 2 atom stereocenters. The molecule has 56 valence electrons. The zero-order chi connectivity index (χ0) is 7.78. The zero-order valence-corrected chi connectivity index (χ0v) is 9.32. The van der Waals surface area contributed by atoms with Crippen molar-refractivity contribution in [2.45, 2.75) is 7.71 Å². The van der Waals surface area contributed by atoms with Crippen molar-refractivity contribution in [2.75, 3.05) is 0 Å². The molecular formula is C6H4BrClFI. The van der Waals surface area contributed by atoms with Gasteiger partial charge in [0.15, 0.2) is 0 Å². The molecule has 0 saturated heterocycles. The SMILES string of the molecule is FC1=CC(Br)(I)C(Cl)C=C1. The van der Waals surface area contributed by atoms with Crippen molar-refractivity contribution >= 4 is 50.1 Å². The lowest BCUT2D eigenvalue weighted by Crippen LogP contribution is -2.22. The summed E-state index contributed by atoms with van der Waals surface area (Å²) < 4.78 is 12.1. The van der Waals surface area contributed by atoms with E-state index in [1.54, 1.807) is 6.08 Å². The Hall–Kier alpha value is 0.910. The minimum absolute atomic E-state index is 0.187. The summed E-state index contributed by atoms with van der Waals surface area (Å²) in [6.45, 7) is 0. The van der Waals surface area contributed by atoms with Gasteiger partial charge in [-0.3, -0.25) is 0 Å². The lowest BCUT2D eigenvalue weighted by atomic mass is 10.2. The van der Waals surface area contributed by atoms with E-state index >= 15 is 0 Å². The topological polar surface area (TPSA) is 0 Å². The average Bonchev–Trinajstić information content (AvgIpc) is 1.78. The molecule has 10 heavy (non-hydrogen) atoms. The summed E-state index contributed by atoms with van der Waals surface area (Å²) in [6, 6.07) is 0. The van der Waals surface area contributed by atoms with Gasteiger partial charge in [0.1, 0.15) is 8.16 Å². The van der Waals surface area contributed by atoms with E-state index in [0.29, 0.717) is 0 Å². The van der Waals surface area contributed by atoms with Gasteiger partial charge in [-0.05, 0) is 12.2 Å². The summed E-state index contributed by atoms with van der Waals surface area (Å²) in [4.78, 5) is 0. The number of alkyl halides is 3. The van der Waals surface area contributed by atoms with Gasteiger partial charge < -0.3 is 0 Å². The summed E-state index contributed by atoms with van der Waals surface area (Å²) in [7, 11) is 0. The molecule has 0 aromatic rings. The second-order valence-electron chi connectivity index (χ2n) is 1.96. The van der Waals surface area contributed by atoms with E-state index in [1.807, 2.05) is 22.6 Å². The maximum atomic E-state index is 12.5. The predicted octanol–water partition coefficient (Wildman–Crippen LogP) is 3.54. The Morgan fingerprint density at radius 1 is 1.80 bits per heavy atom. The maximum absolute atomic E-state index is 12.5. The second kappa shape index (κ2) is 3.11. The summed E-state index contributed by atoms with van der Waals surface area (Å²) >= 11 is 11.2. The van der Waals surface area contributed by atoms with Gasteiger partial charge in [0.25, 0.3) is 0 Å². The Kier molecular flexibility index (Phi) is 2.80. The average molecular weight is 337 g/mol. The van der Waals surface area contributed by atoms with Gasteiger partial charge in [-0.15, -0.1) is 11.6 Å². The third kappa shape index (κ3) is 1.95. The normalized spacial score (nSPS) is 39.6. The molecule has 1 rings (SSSR count). The lowest BCUT2D eigenvalue weighted by Gasteiger charge is -2.22. The Morgan fingerprint density at radius 3 is 2.80 bits per heavy atom. The molecule has 4 heteroatoms. The van der Waals surface area contributed by atoms with Gasteiger partial charge >= 0.3 is 0 Å². The number of allylic oxidation sites excluding steroid dienone is 4. The molecule has 1 aliphatic carbocycles. The molecule has 0 saturated carbocycles. The highest BCUT2D eigenvalue weighted by Crippen LogP contribution is 2.40. The van der Waals surface area contributed by atoms with Gasteiger partial charge in [0.2, 0.25) is 0 Å². The van der Waals surface area contributed by atoms with Crippen LogP contribution in [0, 0.1) is 0 Å². The fourth-order valence-corrected chi connectivity index (χ4v) is 1.63. The van der Waals surface area contributed by atoms with E-state index in [9.17, 15) is 4.39 Å². The largest absolute Gasteiger partial charge is 0.207 e. The van der Waals surface area contributed by atoms with E-state index in [1.165, 1.54) is 12.2 Å². The molecule has 1 aliphatic rings. The summed E-state index contributed by atoms with van der Waals surface area (Å²) in [5, 5.41) is -0.187. The maximum Gasteiger partial charge on any atom is 0.121 e. The third-order valence-corrected chi connectivity index (χ3v) is 3.95. The van der Waals surface area contributed by atoms with E-state index in [4.69, 9.17) is 11.6 Å². The van der Waals surface area contributed by atoms with Crippen LogP contribution in [-0.2, 0) is 0 Å². The van der Waals surface area contributed by atoms with E-state index in [2.05, 4.69) is 15.9 Å². The van der Waals surface area contributed by atoms with E-state index in [0.717, 1.165) is 0 Å². The van der Waals surface area contributed by atoms with Crippen molar-refractivity contribution in [1.82, 2.24) is 0 Å². The Labute approximate surface area is 85.8 Å². The smallest absolute Gasteiger partial charge is 0.121 e. The Balaban J connectivity index is 2.88. The van der Waals surface area contributed by atoms with Crippen molar-refractivity contribution in [2.24, 2.45) is 0 Å². The van der Waals surface area contributed by atoms with Gasteiger partial charge in [0.05, 0.1) is 5.38 Å². The molecule has 0 nitrogen and oxygen atoms in total. The first-order chi connectivity index (χ1) is 4.52. The van der Waals surface area contributed by atoms with Gasteiger partial charge in [-0.25, -0.2) is 4.39 Å². The van der Waals surface area contributed by atoms with Crippen molar-refractivity contribution in [3.8, 4) is 0 Å². The van der Waals surface area contributed by atoms with E-state index < -0.39 is 2.33 Å². The van der Waals surface area contributed by atoms with Crippen molar-refractivity contribution in [3.05, 3.63) is 24.1 Å². The van der Waals surface area contributed by atoms with Crippen LogP contribution in [0.25, 0.3) is 0 Å². The van der Waals surface area contributed by atoms with Crippen LogP contribution in [0.4, 0.5) is 4.39 Å². The molecule has 0 bridgehead atoms. The monoisotopic (exact) mass is 336 g/mol. The lowest BCUT2D eigenvalue weighted by molar-refractivity contribution is 0.654. The number of rotatable bonds is 0.